The Bertz CT molecular complexity index is 555. The van der Waals surface area contributed by atoms with Crippen LogP contribution in [0.4, 0.5) is 4.79 Å². The van der Waals surface area contributed by atoms with Crippen LogP contribution >= 0.6 is 15.9 Å². The Morgan fingerprint density at radius 2 is 1.96 bits per heavy atom. The van der Waals surface area contributed by atoms with Gasteiger partial charge in [0.15, 0.2) is 0 Å². The number of hydrogen-bond acceptors (Lipinski definition) is 3. The second-order valence-electron chi connectivity index (χ2n) is 6.19. The Balaban J connectivity index is 1.80. The largest absolute Gasteiger partial charge is 0.449 e. The highest BCUT2D eigenvalue weighted by atomic mass is 79.9. The standard InChI is InChI=1S/C17H23BrN2O3/c1-12(2)11-23-17(22)20-9-7-13(8-10-20)19-16(21)14-5-3-4-6-15(14)18/h3-6,12-13H,7-11H2,1-2H3,(H,19,21). The van der Waals surface area contributed by atoms with Gasteiger partial charge >= 0.3 is 6.09 Å². The molecule has 0 aliphatic carbocycles. The fourth-order valence-corrected chi connectivity index (χ4v) is 2.91. The summed E-state index contributed by atoms with van der Waals surface area (Å²) >= 11 is 3.39. The molecule has 0 unspecified atom stereocenters. The number of nitrogens with zero attached hydrogens (tertiary/aromatic N) is 1. The van der Waals surface area contributed by atoms with E-state index in [1.165, 1.54) is 0 Å². The summed E-state index contributed by atoms with van der Waals surface area (Å²) in [5, 5.41) is 3.04. The zero-order chi connectivity index (χ0) is 16.8. The van der Waals surface area contributed by atoms with Crippen LogP contribution in [0.1, 0.15) is 37.0 Å². The molecule has 1 aliphatic rings. The number of hydrogen-bond donors (Lipinski definition) is 1. The Kier molecular flexibility index (Phi) is 6.45. The second kappa shape index (κ2) is 8.34. The first-order valence-corrected chi connectivity index (χ1v) is 8.73. The second-order valence-corrected chi connectivity index (χ2v) is 7.04. The summed E-state index contributed by atoms with van der Waals surface area (Å²) in [5.74, 6) is 0.249. The Morgan fingerprint density at radius 3 is 2.57 bits per heavy atom. The van der Waals surface area contributed by atoms with Gasteiger partial charge in [-0.3, -0.25) is 4.79 Å². The van der Waals surface area contributed by atoms with Gasteiger partial charge in [-0.25, -0.2) is 4.79 Å². The molecule has 1 aromatic carbocycles. The maximum absolute atomic E-state index is 12.3. The van der Waals surface area contributed by atoms with Gasteiger partial charge in [-0.1, -0.05) is 26.0 Å². The predicted molar refractivity (Wildman–Crippen MR) is 92.4 cm³/mol. The molecule has 1 aromatic rings. The van der Waals surface area contributed by atoms with Crippen LogP contribution in [0.2, 0.25) is 0 Å². The molecule has 0 spiro atoms. The Labute approximate surface area is 145 Å². The minimum absolute atomic E-state index is 0.0849. The first-order chi connectivity index (χ1) is 11.0. The van der Waals surface area contributed by atoms with E-state index in [1.54, 1.807) is 11.0 Å². The van der Waals surface area contributed by atoms with Crippen molar-refractivity contribution in [2.75, 3.05) is 19.7 Å². The minimum Gasteiger partial charge on any atom is -0.449 e. The number of carbonyl (C=O) groups excluding carboxylic acids is 2. The van der Waals surface area contributed by atoms with Crippen molar-refractivity contribution in [3.63, 3.8) is 0 Å². The van der Waals surface area contributed by atoms with Crippen LogP contribution < -0.4 is 5.32 Å². The van der Waals surface area contributed by atoms with Gasteiger partial charge in [0.2, 0.25) is 0 Å². The van der Waals surface area contributed by atoms with Crippen molar-refractivity contribution in [3.8, 4) is 0 Å². The highest BCUT2D eigenvalue weighted by Crippen LogP contribution is 2.17. The third kappa shape index (κ3) is 5.23. The molecule has 1 heterocycles. The molecule has 6 heteroatoms. The van der Waals surface area contributed by atoms with Gasteiger partial charge in [-0.05, 0) is 46.8 Å². The number of ether oxygens (including phenoxy) is 1. The van der Waals surface area contributed by atoms with Crippen molar-refractivity contribution in [1.29, 1.82) is 0 Å². The van der Waals surface area contributed by atoms with E-state index in [-0.39, 0.29) is 18.0 Å². The first-order valence-electron chi connectivity index (χ1n) is 7.94. The lowest BCUT2D eigenvalue weighted by Gasteiger charge is -2.32. The van der Waals surface area contributed by atoms with E-state index in [4.69, 9.17) is 4.74 Å². The maximum atomic E-state index is 12.3. The van der Waals surface area contributed by atoms with Crippen LogP contribution in [-0.2, 0) is 4.74 Å². The van der Waals surface area contributed by atoms with Crippen molar-refractivity contribution in [3.05, 3.63) is 34.3 Å². The molecular weight excluding hydrogens is 360 g/mol. The molecule has 1 fully saturated rings. The van der Waals surface area contributed by atoms with Gasteiger partial charge in [0, 0.05) is 23.6 Å². The lowest BCUT2D eigenvalue weighted by Crippen LogP contribution is -2.46. The summed E-state index contributed by atoms with van der Waals surface area (Å²) in [7, 11) is 0. The van der Waals surface area contributed by atoms with Crippen LogP contribution in [0.5, 0.6) is 0 Å². The Hall–Kier alpha value is -1.56. The van der Waals surface area contributed by atoms with Gasteiger partial charge < -0.3 is 15.0 Å². The fraction of sp³-hybridized carbons (Fsp3) is 0.529. The van der Waals surface area contributed by atoms with Gasteiger partial charge in [0.05, 0.1) is 12.2 Å². The predicted octanol–water partition coefficient (Wildman–Crippen LogP) is 3.44. The minimum atomic E-state index is -0.255. The topological polar surface area (TPSA) is 58.6 Å². The van der Waals surface area contributed by atoms with E-state index in [2.05, 4.69) is 21.2 Å². The molecule has 2 rings (SSSR count). The zero-order valence-electron chi connectivity index (χ0n) is 13.5. The summed E-state index contributed by atoms with van der Waals surface area (Å²) in [6.45, 7) is 5.68. The van der Waals surface area contributed by atoms with Crippen molar-refractivity contribution >= 4 is 27.9 Å². The number of benzene rings is 1. The summed E-state index contributed by atoms with van der Waals surface area (Å²) in [6.07, 6.45) is 1.23. The highest BCUT2D eigenvalue weighted by molar-refractivity contribution is 9.10. The van der Waals surface area contributed by atoms with E-state index in [1.807, 2.05) is 32.0 Å². The third-order valence-corrected chi connectivity index (χ3v) is 4.44. The van der Waals surface area contributed by atoms with E-state index in [0.717, 1.165) is 17.3 Å². The van der Waals surface area contributed by atoms with E-state index < -0.39 is 0 Å². The van der Waals surface area contributed by atoms with Gasteiger partial charge in [0.1, 0.15) is 0 Å². The molecule has 0 aromatic heterocycles. The summed E-state index contributed by atoms with van der Waals surface area (Å²) in [5.41, 5.74) is 0.631. The van der Waals surface area contributed by atoms with Gasteiger partial charge in [0.25, 0.3) is 5.91 Å². The molecule has 0 radical (unpaired) electrons. The first kappa shape index (κ1) is 17.8. The molecular formula is C17H23BrN2O3. The molecule has 0 saturated carbocycles. The van der Waals surface area contributed by atoms with Gasteiger partial charge in [-0.15, -0.1) is 0 Å². The molecule has 2 amide bonds. The molecule has 1 aliphatic heterocycles. The zero-order valence-corrected chi connectivity index (χ0v) is 15.1. The molecule has 1 N–H and O–H groups in total. The molecule has 5 nitrogen and oxygen atoms in total. The number of likely N-dealkylation sites (tertiary alicyclic amines) is 1. The molecule has 23 heavy (non-hydrogen) atoms. The van der Waals surface area contributed by atoms with Crippen LogP contribution in [0, 0.1) is 5.92 Å². The lowest BCUT2D eigenvalue weighted by molar-refractivity contribution is 0.0785. The Morgan fingerprint density at radius 1 is 1.30 bits per heavy atom. The third-order valence-electron chi connectivity index (χ3n) is 3.75. The van der Waals surface area contributed by atoms with Crippen molar-refractivity contribution in [1.82, 2.24) is 10.2 Å². The number of nitrogens with one attached hydrogen (secondary N) is 1. The number of carbonyl (C=O) groups is 2. The average molecular weight is 383 g/mol. The highest BCUT2D eigenvalue weighted by Gasteiger charge is 2.25. The molecule has 1 saturated heterocycles. The van der Waals surface area contributed by atoms with Gasteiger partial charge in [-0.2, -0.15) is 0 Å². The molecule has 0 bridgehead atoms. The summed E-state index contributed by atoms with van der Waals surface area (Å²) in [4.78, 5) is 25.9. The molecule has 126 valence electrons. The quantitative estimate of drug-likeness (QED) is 0.867. The van der Waals surface area contributed by atoms with Crippen LogP contribution in [-0.4, -0.2) is 42.6 Å². The fourth-order valence-electron chi connectivity index (χ4n) is 2.44. The number of halogens is 1. The number of rotatable bonds is 4. The SMILES string of the molecule is CC(C)COC(=O)N1CCC(NC(=O)c2ccccc2Br)CC1. The average Bonchev–Trinajstić information content (AvgIpc) is 2.53. The monoisotopic (exact) mass is 382 g/mol. The van der Waals surface area contributed by atoms with Crippen LogP contribution in [0.25, 0.3) is 0 Å². The van der Waals surface area contributed by atoms with Crippen molar-refractivity contribution in [2.24, 2.45) is 5.92 Å². The summed E-state index contributed by atoms with van der Waals surface area (Å²) in [6, 6.07) is 7.44. The van der Waals surface area contributed by atoms with E-state index in [9.17, 15) is 9.59 Å². The van der Waals surface area contributed by atoms with Crippen LogP contribution in [0.3, 0.4) is 0 Å². The molecule has 0 atom stereocenters. The smallest absolute Gasteiger partial charge is 0.409 e. The maximum Gasteiger partial charge on any atom is 0.409 e. The van der Waals surface area contributed by atoms with Crippen LogP contribution in [0.15, 0.2) is 28.7 Å². The van der Waals surface area contributed by atoms with E-state index in [0.29, 0.717) is 31.2 Å². The summed E-state index contributed by atoms with van der Waals surface area (Å²) < 4.78 is 6.02. The van der Waals surface area contributed by atoms with Crippen molar-refractivity contribution in [2.45, 2.75) is 32.7 Å². The lowest BCUT2D eigenvalue weighted by atomic mass is 10.0. The number of piperidine rings is 1. The normalized spacial score (nSPS) is 15.6. The van der Waals surface area contributed by atoms with Crippen molar-refractivity contribution < 1.29 is 14.3 Å². The number of amides is 2. The van der Waals surface area contributed by atoms with E-state index >= 15 is 0 Å².